The second-order valence-electron chi connectivity index (χ2n) is 3.03. The first kappa shape index (κ1) is 7.54. The van der Waals surface area contributed by atoms with Crippen molar-refractivity contribution in [1.29, 1.82) is 0 Å². The van der Waals surface area contributed by atoms with Gasteiger partial charge in [0, 0.05) is 6.42 Å². The van der Waals surface area contributed by atoms with Crippen LogP contribution in [-0.2, 0) is 9.57 Å². The molecule has 0 amide bonds. The number of hydrogen-bond acceptors (Lipinski definition) is 3. The normalized spacial score (nSPS) is 22.1. The second kappa shape index (κ2) is 2.58. The highest BCUT2D eigenvalue weighted by Gasteiger charge is 2.28. The Morgan fingerprint density at radius 3 is 2.90 bits per heavy atom. The Morgan fingerprint density at radius 1 is 1.80 bits per heavy atom. The van der Waals surface area contributed by atoms with Gasteiger partial charge in [-0.25, -0.2) is 0 Å². The van der Waals surface area contributed by atoms with Crippen LogP contribution in [0, 0.1) is 7.11 Å². The zero-order valence-corrected chi connectivity index (χ0v) is 6.39. The van der Waals surface area contributed by atoms with E-state index >= 15 is 0 Å². The third-order valence-electron chi connectivity index (χ3n) is 1.32. The van der Waals surface area contributed by atoms with E-state index in [1.54, 1.807) is 0 Å². The van der Waals surface area contributed by atoms with Crippen molar-refractivity contribution in [3.8, 4) is 0 Å². The smallest absolute Gasteiger partial charge is 0.137 e. The van der Waals surface area contributed by atoms with Crippen LogP contribution in [0.2, 0.25) is 0 Å². The Morgan fingerprint density at radius 2 is 2.50 bits per heavy atom. The molecule has 1 aliphatic heterocycles. The minimum Gasteiger partial charge on any atom is -0.389 e. The van der Waals surface area contributed by atoms with E-state index in [1.807, 2.05) is 13.8 Å². The van der Waals surface area contributed by atoms with Crippen molar-refractivity contribution in [2.75, 3.05) is 6.61 Å². The Hall–Kier alpha value is -0.570. The first-order valence-electron chi connectivity index (χ1n) is 3.25. The Balaban J connectivity index is 2.39. The molecule has 57 valence electrons. The molecule has 0 spiro atoms. The first-order chi connectivity index (χ1) is 4.64. The van der Waals surface area contributed by atoms with Crippen molar-refractivity contribution >= 4 is 5.71 Å². The lowest BCUT2D eigenvalue weighted by Crippen LogP contribution is -2.20. The molecule has 0 aromatic heterocycles. The lowest BCUT2D eigenvalue weighted by Gasteiger charge is -2.13. The minimum atomic E-state index is -0.145. The van der Waals surface area contributed by atoms with E-state index in [0.29, 0.717) is 6.61 Å². The van der Waals surface area contributed by atoms with Crippen LogP contribution in [0.15, 0.2) is 5.16 Å². The van der Waals surface area contributed by atoms with Crippen LogP contribution >= 0.6 is 0 Å². The van der Waals surface area contributed by atoms with Crippen molar-refractivity contribution < 1.29 is 9.57 Å². The molecule has 10 heavy (non-hydrogen) atoms. The largest absolute Gasteiger partial charge is 0.389 e. The predicted molar refractivity (Wildman–Crippen MR) is 38.5 cm³/mol. The molecular weight excluding hydrogens is 130 g/mol. The van der Waals surface area contributed by atoms with E-state index in [9.17, 15) is 0 Å². The van der Waals surface area contributed by atoms with Gasteiger partial charge < -0.3 is 9.57 Å². The van der Waals surface area contributed by atoms with Gasteiger partial charge in [-0.15, -0.1) is 0 Å². The number of oxime groups is 1. The first-order valence-corrected chi connectivity index (χ1v) is 3.25. The van der Waals surface area contributed by atoms with Crippen LogP contribution in [0.3, 0.4) is 0 Å². The number of hydrogen-bond donors (Lipinski definition) is 0. The highest BCUT2D eigenvalue weighted by Crippen LogP contribution is 2.21. The van der Waals surface area contributed by atoms with Crippen molar-refractivity contribution in [1.82, 2.24) is 0 Å². The summed E-state index contributed by atoms with van der Waals surface area (Å²) < 4.78 is 4.66. The summed E-state index contributed by atoms with van der Waals surface area (Å²) in [6, 6.07) is 0. The molecule has 0 fully saturated rings. The van der Waals surface area contributed by atoms with Crippen LogP contribution in [-0.4, -0.2) is 17.9 Å². The van der Waals surface area contributed by atoms with E-state index in [1.165, 1.54) is 0 Å². The standard InChI is InChI=1S/C7H12NO2/c1-7(2)4-6(5-9-3)8-10-7/h3-5H2,1-2H3. The van der Waals surface area contributed by atoms with Gasteiger partial charge >= 0.3 is 0 Å². The van der Waals surface area contributed by atoms with Crippen LogP contribution in [0.25, 0.3) is 0 Å². The van der Waals surface area contributed by atoms with Gasteiger partial charge in [-0.3, -0.25) is 0 Å². The third kappa shape index (κ3) is 1.70. The van der Waals surface area contributed by atoms with Gasteiger partial charge in [-0.1, -0.05) is 5.16 Å². The summed E-state index contributed by atoms with van der Waals surface area (Å²) in [6.45, 7) is 4.46. The average molecular weight is 142 g/mol. The summed E-state index contributed by atoms with van der Waals surface area (Å²) in [5.74, 6) is 0. The van der Waals surface area contributed by atoms with E-state index in [2.05, 4.69) is 17.0 Å². The summed E-state index contributed by atoms with van der Waals surface area (Å²) in [5.41, 5.74) is 0.786. The number of rotatable bonds is 2. The third-order valence-corrected chi connectivity index (χ3v) is 1.32. The molecule has 1 rings (SSSR count). The van der Waals surface area contributed by atoms with Gasteiger partial charge in [0.05, 0.1) is 19.4 Å². The maximum absolute atomic E-state index is 5.09. The van der Waals surface area contributed by atoms with Crippen LogP contribution < -0.4 is 0 Å². The molecule has 0 aromatic rings. The number of ether oxygens (including phenoxy) is 1. The number of nitrogens with zero attached hydrogens (tertiary/aromatic N) is 1. The quantitative estimate of drug-likeness (QED) is 0.582. The fraction of sp³-hybridized carbons (Fsp3) is 0.714. The van der Waals surface area contributed by atoms with Crippen LogP contribution in [0.5, 0.6) is 0 Å². The molecule has 0 N–H and O–H groups in total. The summed E-state index contributed by atoms with van der Waals surface area (Å²) in [6.07, 6.45) is 0.836. The van der Waals surface area contributed by atoms with E-state index in [4.69, 9.17) is 4.84 Å². The van der Waals surface area contributed by atoms with Crippen molar-refractivity contribution in [2.24, 2.45) is 5.16 Å². The fourth-order valence-electron chi connectivity index (χ4n) is 0.939. The molecule has 3 heteroatoms. The van der Waals surface area contributed by atoms with Crippen LogP contribution in [0.1, 0.15) is 20.3 Å². The summed E-state index contributed by atoms with van der Waals surface area (Å²) in [4.78, 5) is 5.09. The summed E-state index contributed by atoms with van der Waals surface area (Å²) in [5, 5.41) is 3.83. The minimum absolute atomic E-state index is 0.145. The molecule has 1 aliphatic rings. The molecule has 0 saturated heterocycles. The molecule has 1 heterocycles. The van der Waals surface area contributed by atoms with Gasteiger partial charge in [-0.2, -0.15) is 0 Å². The zero-order chi connectivity index (χ0) is 7.61. The van der Waals surface area contributed by atoms with E-state index < -0.39 is 0 Å². The van der Waals surface area contributed by atoms with Gasteiger partial charge in [0.25, 0.3) is 0 Å². The molecule has 1 radical (unpaired) electrons. The molecule has 0 atom stereocenters. The lowest BCUT2D eigenvalue weighted by atomic mass is 10.0. The fourth-order valence-corrected chi connectivity index (χ4v) is 0.939. The van der Waals surface area contributed by atoms with Crippen LogP contribution in [0.4, 0.5) is 0 Å². The van der Waals surface area contributed by atoms with Crippen molar-refractivity contribution in [2.45, 2.75) is 25.9 Å². The topological polar surface area (TPSA) is 30.8 Å². The average Bonchev–Trinajstić information content (AvgIpc) is 2.12. The SMILES string of the molecule is [CH2]OCC1=NOC(C)(C)C1. The molecule has 0 aliphatic carbocycles. The van der Waals surface area contributed by atoms with Gasteiger partial charge in [0.1, 0.15) is 5.60 Å². The molecule has 0 saturated carbocycles. The molecule has 3 nitrogen and oxygen atoms in total. The highest BCUT2D eigenvalue weighted by atomic mass is 16.7. The second-order valence-corrected chi connectivity index (χ2v) is 3.03. The van der Waals surface area contributed by atoms with Gasteiger partial charge in [0.15, 0.2) is 0 Å². The van der Waals surface area contributed by atoms with Gasteiger partial charge in [0.2, 0.25) is 0 Å². The summed E-state index contributed by atoms with van der Waals surface area (Å²) >= 11 is 0. The molecule has 0 aromatic carbocycles. The monoisotopic (exact) mass is 142 g/mol. The van der Waals surface area contributed by atoms with E-state index in [0.717, 1.165) is 12.1 Å². The van der Waals surface area contributed by atoms with Gasteiger partial charge in [-0.05, 0) is 13.8 Å². The maximum Gasteiger partial charge on any atom is 0.137 e. The molecular formula is C7H12NO2. The Kier molecular flexibility index (Phi) is 1.94. The molecule has 0 bridgehead atoms. The Labute approximate surface area is 61.0 Å². The molecule has 0 unspecified atom stereocenters. The van der Waals surface area contributed by atoms with E-state index in [-0.39, 0.29) is 5.60 Å². The zero-order valence-electron chi connectivity index (χ0n) is 6.39. The lowest BCUT2D eigenvalue weighted by molar-refractivity contribution is 0.0123. The van der Waals surface area contributed by atoms with Crippen molar-refractivity contribution in [3.05, 3.63) is 7.11 Å². The maximum atomic E-state index is 5.09. The predicted octanol–water partition coefficient (Wildman–Crippen LogP) is 1.35. The Bertz CT molecular complexity index is 152. The van der Waals surface area contributed by atoms with Crippen molar-refractivity contribution in [3.63, 3.8) is 0 Å². The summed E-state index contributed by atoms with van der Waals surface area (Å²) in [7, 11) is 3.26. The highest BCUT2D eigenvalue weighted by molar-refractivity contribution is 5.87.